The molecule has 0 bridgehead atoms. The lowest BCUT2D eigenvalue weighted by Crippen LogP contribution is -2.66. The number of carboxylic acid groups (broad SMARTS) is 1. The highest BCUT2D eigenvalue weighted by molar-refractivity contribution is 5.75. The van der Waals surface area contributed by atoms with Gasteiger partial charge in [-0.15, -0.1) is 0 Å². The average Bonchev–Trinajstić information content (AvgIpc) is 3.12. The SMILES string of the molecule is C=C(C(C)C)C1CC(C(=O)O)C2=C3CC(O)C4C5(C)CCC(OC(C)=O)C(C)(C)C5CCC4(C)C3(C)CC2O1. The summed E-state index contributed by atoms with van der Waals surface area (Å²) < 4.78 is 12.5. The van der Waals surface area contributed by atoms with Crippen molar-refractivity contribution >= 4 is 11.9 Å². The Bertz CT molecular complexity index is 1100. The maximum atomic E-state index is 12.7. The van der Waals surface area contributed by atoms with E-state index in [0.717, 1.165) is 48.8 Å². The van der Waals surface area contributed by atoms with E-state index < -0.39 is 18.0 Å². The van der Waals surface area contributed by atoms with E-state index in [-0.39, 0.29) is 57.8 Å². The van der Waals surface area contributed by atoms with E-state index in [1.807, 2.05) is 0 Å². The van der Waals surface area contributed by atoms with Gasteiger partial charge < -0.3 is 19.7 Å². The van der Waals surface area contributed by atoms with Crippen LogP contribution in [0.15, 0.2) is 23.3 Å². The second kappa shape index (κ2) is 9.17. The minimum atomic E-state index is -0.792. The average molecular weight is 543 g/mol. The number of aliphatic hydroxyl groups excluding tert-OH is 1. The van der Waals surface area contributed by atoms with Crippen molar-refractivity contribution in [3.8, 4) is 0 Å². The number of carbonyl (C=O) groups is 2. The third-order valence-corrected chi connectivity index (χ3v) is 12.7. The molecule has 10 unspecified atom stereocenters. The summed E-state index contributed by atoms with van der Waals surface area (Å²) in [5.74, 6) is -1.00. The number of ether oxygens (including phenoxy) is 2. The fourth-order valence-corrected chi connectivity index (χ4v) is 10.7. The topological polar surface area (TPSA) is 93.1 Å². The highest BCUT2D eigenvalue weighted by Gasteiger charge is 2.71. The van der Waals surface area contributed by atoms with Crippen molar-refractivity contribution in [2.24, 2.45) is 45.3 Å². The predicted octanol–water partition coefficient (Wildman–Crippen LogP) is 6.32. The smallest absolute Gasteiger partial charge is 0.310 e. The second-order valence-corrected chi connectivity index (χ2v) is 15.2. The molecule has 1 saturated heterocycles. The normalized spacial score (nSPS) is 46.6. The summed E-state index contributed by atoms with van der Waals surface area (Å²) in [6, 6.07) is 0. The lowest BCUT2D eigenvalue weighted by molar-refractivity contribution is -0.234. The molecule has 10 atom stereocenters. The van der Waals surface area contributed by atoms with Crippen molar-refractivity contribution in [2.75, 3.05) is 0 Å². The van der Waals surface area contributed by atoms with Crippen LogP contribution in [0.5, 0.6) is 0 Å². The fraction of sp³-hybridized carbons (Fsp3) is 0.818. The molecule has 0 aromatic rings. The third-order valence-electron chi connectivity index (χ3n) is 12.7. The highest BCUT2D eigenvalue weighted by atomic mass is 16.5. The van der Waals surface area contributed by atoms with Crippen molar-refractivity contribution < 1.29 is 29.3 Å². The Labute approximate surface area is 234 Å². The van der Waals surface area contributed by atoms with E-state index >= 15 is 0 Å². The zero-order valence-electron chi connectivity index (χ0n) is 25.3. The maximum absolute atomic E-state index is 12.7. The Kier molecular flexibility index (Phi) is 6.79. The molecule has 0 radical (unpaired) electrons. The number of aliphatic carboxylic acids is 1. The van der Waals surface area contributed by atoms with E-state index in [1.165, 1.54) is 6.92 Å². The van der Waals surface area contributed by atoms with Gasteiger partial charge in [0.2, 0.25) is 0 Å². The Hall–Kier alpha value is -1.66. The lowest BCUT2D eigenvalue weighted by Gasteiger charge is -2.69. The van der Waals surface area contributed by atoms with Crippen LogP contribution in [-0.2, 0) is 19.1 Å². The Morgan fingerprint density at radius 2 is 1.77 bits per heavy atom. The van der Waals surface area contributed by atoms with Gasteiger partial charge >= 0.3 is 11.9 Å². The maximum Gasteiger partial charge on any atom is 0.310 e. The number of carboxylic acids is 1. The molecule has 3 saturated carbocycles. The first-order chi connectivity index (χ1) is 18.0. The molecule has 5 rings (SSSR count). The molecule has 0 aromatic carbocycles. The molecule has 4 fully saturated rings. The Balaban J connectivity index is 1.55. The number of fused-ring (bicyclic) bond motifs is 6. The minimum Gasteiger partial charge on any atom is -0.481 e. The van der Waals surface area contributed by atoms with E-state index in [4.69, 9.17) is 9.47 Å². The largest absolute Gasteiger partial charge is 0.481 e. The third kappa shape index (κ3) is 3.94. The van der Waals surface area contributed by atoms with Crippen LogP contribution in [0.1, 0.15) is 100 Å². The lowest BCUT2D eigenvalue weighted by atomic mass is 9.35. The number of aliphatic hydroxyl groups is 1. The van der Waals surface area contributed by atoms with Crippen LogP contribution in [0.2, 0.25) is 0 Å². The number of hydrogen-bond acceptors (Lipinski definition) is 5. The van der Waals surface area contributed by atoms with Crippen LogP contribution in [0.4, 0.5) is 0 Å². The summed E-state index contributed by atoms with van der Waals surface area (Å²) in [7, 11) is 0. The molecular weight excluding hydrogens is 492 g/mol. The van der Waals surface area contributed by atoms with Gasteiger partial charge in [-0.05, 0) is 90.1 Å². The van der Waals surface area contributed by atoms with Crippen LogP contribution in [-0.4, -0.2) is 46.6 Å². The van der Waals surface area contributed by atoms with Gasteiger partial charge in [0.05, 0.1) is 24.2 Å². The van der Waals surface area contributed by atoms with Crippen molar-refractivity contribution in [2.45, 2.75) is 125 Å². The van der Waals surface area contributed by atoms with Gasteiger partial charge in [-0.1, -0.05) is 60.6 Å². The summed E-state index contributed by atoms with van der Waals surface area (Å²) in [6.45, 7) is 21.5. The molecular formula is C33H50O6. The second-order valence-electron chi connectivity index (χ2n) is 15.2. The monoisotopic (exact) mass is 542 g/mol. The molecule has 1 heterocycles. The molecule has 0 amide bonds. The Morgan fingerprint density at radius 1 is 1.10 bits per heavy atom. The van der Waals surface area contributed by atoms with Crippen molar-refractivity contribution in [1.29, 1.82) is 0 Å². The van der Waals surface area contributed by atoms with E-state index in [9.17, 15) is 19.8 Å². The molecule has 0 spiro atoms. The highest BCUT2D eigenvalue weighted by Crippen LogP contribution is 2.75. The van der Waals surface area contributed by atoms with E-state index in [2.05, 4.69) is 55.0 Å². The molecule has 1 aliphatic heterocycles. The predicted molar refractivity (Wildman–Crippen MR) is 150 cm³/mol. The van der Waals surface area contributed by atoms with Gasteiger partial charge in [-0.2, -0.15) is 0 Å². The number of rotatable bonds is 4. The quantitative estimate of drug-likeness (QED) is 0.319. The summed E-state index contributed by atoms with van der Waals surface area (Å²) in [6.07, 6.45) is 4.19. The Morgan fingerprint density at radius 3 is 2.36 bits per heavy atom. The zero-order chi connectivity index (χ0) is 28.9. The minimum absolute atomic E-state index is 0.0699. The standard InChI is InChI=1S/C33H50O6/c1-17(2)18(3)23-14-20(29(36)37)27-21-15-22(35)28-31(7)12-11-26(38-19(4)34)30(5,6)25(31)10-13-32(28,8)33(21,9)16-24(27)39-23/h17,20,22-26,28,35H,3,10-16H2,1-2,4-9H3,(H,36,37). The van der Waals surface area contributed by atoms with Gasteiger partial charge in [-0.25, -0.2) is 0 Å². The molecule has 39 heavy (non-hydrogen) atoms. The summed E-state index contributed by atoms with van der Waals surface area (Å²) in [4.78, 5) is 24.6. The number of esters is 1. The van der Waals surface area contributed by atoms with E-state index in [1.54, 1.807) is 0 Å². The summed E-state index contributed by atoms with van der Waals surface area (Å²) in [5.41, 5.74) is 2.30. The molecule has 0 aromatic heterocycles. The number of hydrogen-bond donors (Lipinski definition) is 2. The van der Waals surface area contributed by atoms with Gasteiger partial charge in [-0.3, -0.25) is 9.59 Å². The van der Waals surface area contributed by atoms with Crippen LogP contribution in [0, 0.1) is 45.3 Å². The molecule has 2 N–H and O–H groups in total. The summed E-state index contributed by atoms with van der Waals surface area (Å²) in [5, 5.41) is 22.4. The van der Waals surface area contributed by atoms with Gasteiger partial charge in [0.15, 0.2) is 0 Å². The van der Waals surface area contributed by atoms with Crippen molar-refractivity contribution in [3.05, 3.63) is 23.3 Å². The van der Waals surface area contributed by atoms with Crippen molar-refractivity contribution in [1.82, 2.24) is 0 Å². The molecule has 6 heteroatoms. The first-order valence-electron chi connectivity index (χ1n) is 15.1. The molecule has 218 valence electrons. The number of carbonyl (C=O) groups excluding carboxylic acids is 1. The van der Waals surface area contributed by atoms with Crippen LogP contribution in [0.3, 0.4) is 0 Å². The first-order valence-corrected chi connectivity index (χ1v) is 15.1. The fourth-order valence-electron chi connectivity index (χ4n) is 10.7. The molecule has 5 aliphatic rings. The van der Waals surface area contributed by atoms with Gasteiger partial charge in [0.1, 0.15) is 6.10 Å². The van der Waals surface area contributed by atoms with Gasteiger partial charge in [0.25, 0.3) is 0 Å². The molecule has 4 aliphatic carbocycles. The zero-order valence-corrected chi connectivity index (χ0v) is 25.3. The summed E-state index contributed by atoms with van der Waals surface area (Å²) >= 11 is 0. The van der Waals surface area contributed by atoms with Crippen LogP contribution >= 0.6 is 0 Å². The molecule has 6 nitrogen and oxygen atoms in total. The van der Waals surface area contributed by atoms with Crippen LogP contribution in [0.25, 0.3) is 0 Å². The van der Waals surface area contributed by atoms with E-state index in [0.29, 0.717) is 18.8 Å². The first kappa shape index (κ1) is 28.9. The van der Waals surface area contributed by atoms with Crippen molar-refractivity contribution in [3.63, 3.8) is 0 Å². The van der Waals surface area contributed by atoms with Crippen LogP contribution < -0.4 is 0 Å². The van der Waals surface area contributed by atoms with Gasteiger partial charge in [0, 0.05) is 12.3 Å².